The van der Waals surface area contributed by atoms with E-state index >= 15 is 0 Å². The van der Waals surface area contributed by atoms with Crippen molar-refractivity contribution in [2.24, 2.45) is 0 Å². The number of hydrogen-bond donors (Lipinski definition) is 0. The monoisotopic (exact) mass is 546 g/mol. The van der Waals surface area contributed by atoms with Gasteiger partial charge in [-0.2, -0.15) is 0 Å². The molecule has 0 atom stereocenters. The lowest BCUT2D eigenvalue weighted by atomic mass is 10.0. The van der Waals surface area contributed by atoms with Gasteiger partial charge >= 0.3 is 0 Å². The van der Waals surface area contributed by atoms with Crippen molar-refractivity contribution >= 4 is 23.4 Å². The van der Waals surface area contributed by atoms with Crippen molar-refractivity contribution in [1.29, 1.82) is 0 Å². The number of nitrogens with zero attached hydrogens (tertiary/aromatic N) is 4. The van der Waals surface area contributed by atoms with Gasteiger partial charge in [-0.15, -0.1) is 0 Å². The molecule has 0 unspecified atom stereocenters. The molecule has 210 valence electrons. The second kappa shape index (κ2) is 13.8. The number of hydrogen-bond acceptors (Lipinski definition) is 5. The van der Waals surface area contributed by atoms with Crippen LogP contribution in [0, 0.1) is 0 Å². The molecule has 5 rings (SSSR count). The minimum atomic E-state index is 0.0420. The Kier molecular flexibility index (Phi) is 9.45. The summed E-state index contributed by atoms with van der Waals surface area (Å²) in [7, 11) is 3.70. The molecule has 41 heavy (non-hydrogen) atoms. The summed E-state index contributed by atoms with van der Waals surface area (Å²) in [5.74, 6) is 0.843. The van der Waals surface area contributed by atoms with Gasteiger partial charge in [0.25, 0.3) is 0 Å². The predicted molar refractivity (Wildman–Crippen MR) is 166 cm³/mol. The Bertz CT molecular complexity index is 1400. The third-order valence-corrected chi connectivity index (χ3v) is 7.79. The molecule has 3 aromatic carbocycles. The zero-order valence-corrected chi connectivity index (χ0v) is 23.9. The van der Waals surface area contributed by atoms with E-state index in [1.165, 1.54) is 5.56 Å². The van der Waals surface area contributed by atoms with Crippen molar-refractivity contribution in [2.45, 2.75) is 32.0 Å². The molecule has 0 N–H and O–H groups in total. The van der Waals surface area contributed by atoms with Crippen LogP contribution >= 0.6 is 0 Å². The number of rotatable bonds is 10. The second-order valence-electron chi connectivity index (χ2n) is 10.5. The average molecular weight is 547 g/mol. The van der Waals surface area contributed by atoms with Crippen LogP contribution in [0.1, 0.15) is 29.5 Å². The number of benzene rings is 3. The number of piperidine rings is 1. The molecule has 6 nitrogen and oxygen atoms in total. The Morgan fingerprint density at radius 2 is 1.54 bits per heavy atom. The summed E-state index contributed by atoms with van der Waals surface area (Å²) in [4.78, 5) is 24.5. The van der Waals surface area contributed by atoms with Crippen LogP contribution < -0.4 is 9.64 Å². The Morgan fingerprint density at radius 1 is 0.878 bits per heavy atom. The SMILES string of the molecule is COc1ccc(/C=C/C(=O)N(Cc2ccc(N(C)c3ccncc3)cc2)C2CCN(Cc3ccccc3)CC2)cc1. The van der Waals surface area contributed by atoms with Crippen molar-refractivity contribution in [2.75, 3.05) is 32.1 Å². The quantitative estimate of drug-likeness (QED) is 0.211. The highest BCUT2D eigenvalue weighted by molar-refractivity contribution is 5.92. The van der Waals surface area contributed by atoms with Gasteiger partial charge < -0.3 is 14.5 Å². The molecule has 0 saturated carbocycles. The molecule has 1 aliphatic heterocycles. The molecule has 1 saturated heterocycles. The molecule has 1 amide bonds. The van der Waals surface area contributed by atoms with Crippen LogP contribution in [0.25, 0.3) is 6.08 Å². The van der Waals surface area contributed by atoms with Crippen molar-refractivity contribution in [1.82, 2.24) is 14.8 Å². The molecule has 0 spiro atoms. The normalized spacial score (nSPS) is 14.2. The van der Waals surface area contributed by atoms with Crippen LogP contribution in [0.15, 0.2) is 109 Å². The largest absolute Gasteiger partial charge is 0.497 e. The van der Waals surface area contributed by atoms with E-state index in [0.717, 1.165) is 60.7 Å². The van der Waals surface area contributed by atoms with Crippen molar-refractivity contribution in [3.05, 3.63) is 126 Å². The molecule has 4 aromatic rings. The van der Waals surface area contributed by atoms with Crippen molar-refractivity contribution in [3.8, 4) is 5.75 Å². The van der Waals surface area contributed by atoms with Gasteiger partial charge in [0.05, 0.1) is 7.11 Å². The summed E-state index contributed by atoms with van der Waals surface area (Å²) in [6.07, 6.45) is 9.12. The van der Waals surface area contributed by atoms with E-state index in [9.17, 15) is 4.79 Å². The Labute approximate surface area is 243 Å². The van der Waals surface area contributed by atoms with Crippen molar-refractivity contribution < 1.29 is 9.53 Å². The highest BCUT2D eigenvalue weighted by Gasteiger charge is 2.27. The molecule has 2 heterocycles. The van der Waals surface area contributed by atoms with Gasteiger partial charge in [-0.1, -0.05) is 54.6 Å². The molecule has 0 bridgehead atoms. The first-order valence-corrected chi connectivity index (χ1v) is 14.2. The van der Waals surface area contributed by atoms with Gasteiger partial charge in [-0.25, -0.2) is 0 Å². The van der Waals surface area contributed by atoms with Crippen LogP contribution in [-0.4, -0.2) is 54.0 Å². The van der Waals surface area contributed by atoms with E-state index in [1.54, 1.807) is 25.6 Å². The highest BCUT2D eigenvalue weighted by Crippen LogP contribution is 2.25. The smallest absolute Gasteiger partial charge is 0.247 e. The van der Waals surface area contributed by atoms with Gasteiger partial charge in [0, 0.05) is 69.1 Å². The Hall–Kier alpha value is -4.42. The lowest BCUT2D eigenvalue weighted by Gasteiger charge is -2.38. The number of methoxy groups -OCH3 is 1. The maximum Gasteiger partial charge on any atom is 0.247 e. The van der Waals surface area contributed by atoms with Gasteiger partial charge in [-0.3, -0.25) is 14.7 Å². The van der Waals surface area contributed by atoms with Gasteiger partial charge in [0.2, 0.25) is 5.91 Å². The number of ether oxygens (including phenoxy) is 1. The summed E-state index contributed by atoms with van der Waals surface area (Å²) in [6, 6.07) is 31.0. The number of carbonyl (C=O) groups is 1. The van der Waals surface area contributed by atoms with E-state index in [-0.39, 0.29) is 11.9 Å². The molecular weight excluding hydrogens is 508 g/mol. The fourth-order valence-electron chi connectivity index (χ4n) is 5.33. The minimum Gasteiger partial charge on any atom is -0.497 e. The zero-order chi connectivity index (χ0) is 28.4. The van der Waals surface area contributed by atoms with Crippen LogP contribution in [0.5, 0.6) is 5.75 Å². The topological polar surface area (TPSA) is 48.9 Å². The maximum absolute atomic E-state index is 13.7. The highest BCUT2D eigenvalue weighted by atomic mass is 16.5. The molecule has 0 aliphatic carbocycles. The third-order valence-electron chi connectivity index (χ3n) is 7.79. The maximum atomic E-state index is 13.7. The molecular formula is C35H38N4O2. The van der Waals surface area contributed by atoms with Crippen LogP contribution in [-0.2, 0) is 17.9 Å². The lowest BCUT2D eigenvalue weighted by molar-refractivity contribution is -0.130. The average Bonchev–Trinajstić information content (AvgIpc) is 3.04. The Balaban J connectivity index is 1.29. The summed E-state index contributed by atoms with van der Waals surface area (Å²) in [5, 5.41) is 0. The van der Waals surface area contributed by atoms with Gasteiger partial charge in [-0.05, 0) is 72.0 Å². The molecule has 6 heteroatoms. The fraction of sp³-hybridized carbons (Fsp3) is 0.257. The summed E-state index contributed by atoms with van der Waals surface area (Å²) in [6.45, 7) is 3.47. The van der Waals surface area contributed by atoms with Crippen LogP contribution in [0.2, 0.25) is 0 Å². The van der Waals surface area contributed by atoms with E-state index in [2.05, 4.69) is 74.3 Å². The van der Waals surface area contributed by atoms with Gasteiger partial charge in [0.1, 0.15) is 5.75 Å². The lowest BCUT2D eigenvalue weighted by Crippen LogP contribution is -2.46. The predicted octanol–water partition coefficient (Wildman–Crippen LogP) is 6.56. The van der Waals surface area contributed by atoms with Crippen LogP contribution in [0.3, 0.4) is 0 Å². The molecule has 1 aromatic heterocycles. The molecule has 0 radical (unpaired) electrons. The van der Waals surface area contributed by atoms with E-state index in [1.807, 2.05) is 49.5 Å². The number of anilines is 2. The molecule has 1 fully saturated rings. The number of likely N-dealkylation sites (tertiary alicyclic amines) is 1. The number of aromatic nitrogens is 1. The number of carbonyl (C=O) groups excluding carboxylic acids is 1. The number of amides is 1. The van der Waals surface area contributed by atoms with E-state index < -0.39 is 0 Å². The summed E-state index contributed by atoms with van der Waals surface area (Å²) in [5.41, 5.74) is 5.59. The fourth-order valence-corrected chi connectivity index (χ4v) is 5.33. The zero-order valence-electron chi connectivity index (χ0n) is 23.9. The second-order valence-corrected chi connectivity index (χ2v) is 10.5. The first-order valence-electron chi connectivity index (χ1n) is 14.2. The van der Waals surface area contributed by atoms with Crippen molar-refractivity contribution in [3.63, 3.8) is 0 Å². The first kappa shape index (κ1) is 28.1. The standard InChI is InChI=1S/C35H38N4O2/c1-37(32-18-22-36-23-19-32)31-13-8-30(9-14-31)27-39(35(40)17-12-28-10-15-34(41-2)16-11-28)33-20-24-38(25-21-33)26-29-6-4-3-5-7-29/h3-19,22-23,33H,20-21,24-27H2,1-2H3/b17-12+. The van der Waals surface area contributed by atoms with E-state index in [4.69, 9.17) is 4.74 Å². The first-order chi connectivity index (χ1) is 20.1. The molecule has 1 aliphatic rings. The summed E-state index contributed by atoms with van der Waals surface area (Å²) >= 11 is 0. The number of pyridine rings is 1. The third kappa shape index (κ3) is 7.62. The van der Waals surface area contributed by atoms with Gasteiger partial charge in [0.15, 0.2) is 0 Å². The van der Waals surface area contributed by atoms with E-state index in [0.29, 0.717) is 6.54 Å². The van der Waals surface area contributed by atoms with Crippen LogP contribution in [0.4, 0.5) is 11.4 Å². The Morgan fingerprint density at radius 3 is 2.20 bits per heavy atom. The summed E-state index contributed by atoms with van der Waals surface area (Å²) < 4.78 is 5.26. The minimum absolute atomic E-state index is 0.0420.